The number of ether oxygens (including phenoxy) is 1. The minimum atomic E-state index is -0.0862. The maximum Gasteiger partial charge on any atom is 0.246 e. The summed E-state index contributed by atoms with van der Waals surface area (Å²) in [6.07, 6.45) is 1.72. The molecular formula is C17H21ClN6O2. The second-order valence-electron chi connectivity index (χ2n) is 6.21. The van der Waals surface area contributed by atoms with Gasteiger partial charge in [0.25, 0.3) is 0 Å². The van der Waals surface area contributed by atoms with Crippen LogP contribution >= 0.6 is 12.4 Å². The van der Waals surface area contributed by atoms with Gasteiger partial charge in [-0.25, -0.2) is 9.67 Å². The van der Waals surface area contributed by atoms with Crippen molar-refractivity contribution in [3.05, 3.63) is 41.7 Å². The first-order valence-corrected chi connectivity index (χ1v) is 8.30. The van der Waals surface area contributed by atoms with Gasteiger partial charge in [0.15, 0.2) is 5.82 Å². The van der Waals surface area contributed by atoms with E-state index in [1.54, 1.807) is 6.20 Å². The molecule has 0 amide bonds. The third kappa shape index (κ3) is 3.48. The third-order valence-electron chi connectivity index (χ3n) is 4.26. The van der Waals surface area contributed by atoms with E-state index < -0.39 is 0 Å². The van der Waals surface area contributed by atoms with Crippen molar-refractivity contribution in [2.24, 2.45) is 0 Å². The van der Waals surface area contributed by atoms with Gasteiger partial charge in [-0.05, 0) is 39.0 Å². The highest BCUT2D eigenvalue weighted by Crippen LogP contribution is 2.23. The van der Waals surface area contributed by atoms with Gasteiger partial charge in [-0.1, -0.05) is 5.16 Å². The molecule has 0 unspecified atom stereocenters. The monoisotopic (exact) mass is 376 g/mol. The molecule has 0 aromatic carbocycles. The summed E-state index contributed by atoms with van der Waals surface area (Å²) in [5, 5.41) is 11.9. The van der Waals surface area contributed by atoms with Gasteiger partial charge in [0.2, 0.25) is 11.7 Å². The Hall–Kier alpha value is -2.29. The normalized spacial score (nSPS) is 20.0. The Kier molecular flexibility index (Phi) is 5.36. The average Bonchev–Trinajstić information content (AvgIpc) is 3.22. The lowest BCUT2D eigenvalue weighted by Crippen LogP contribution is -2.40. The Morgan fingerprint density at radius 1 is 1.27 bits per heavy atom. The topological polar surface area (TPSA) is 90.9 Å². The Balaban J connectivity index is 0.00000196. The Labute approximate surface area is 157 Å². The van der Waals surface area contributed by atoms with Crippen LogP contribution in [-0.2, 0) is 4.74 Å². The summed E-state index contributed by atoms with van der Waals surface area (Å²) in [6.45, 7) is 7.41. The molecule has 9 heteroatoms. The zero-order valence-electron chi connectivity index (χ0n) is 14.8. The van der Waals surface area contributed by atoms with E-state index in [0.717, 1.165) is 29.3 Å². The summed E-state index contributed by atoms with van der Waals surface area (Å²) in [6, 6.07) is 5.75. The smallest absolute Gasteiger partial charge is 0.246 e. The highest BCUT2D eigenvalue weighted by Gasteiger charge is 2.28. The molecule has 1 aliphatic heterocycles. The summed E-state index contributed by atoms with van der Waals surface area (Å²) in [4.78, 5) is 8.97. The van der Waals surface area contributed by atoms with Crippen LogP contribution in [0.5, 0.6) is 0 Å². The van der Waals surface area contributed by atoms with Gasteiger partial charge in [-0.2, -0.15) is 10.1 Å². The molecule has 138 valence electrons. The van der Waals surface area contributed by atoms with Crippen LogP contribution in [0.15, 0.2) is 28.9 Å². The summed E-state index contributed by atoms with van der Waals surface area (Å²) in [5.41, 5.74) is 2.80. The van der Waals surface area contributed by atoms with E-state index in [4.69, 9.17) is 9.26 Å². The SMILES string of the molecule is Cc1cc(C)n(-c2ccc(-c3noc([C@H]4NCCO[C@@H]4C)n3)cn2)n1.Cl. The zero-order valence-corrected chi connectivity index (χ0v) is 15.7. The van der Waals surface area contributed by atoms with Gasteiger partial charge in [0.05, 0.1) is 18.4 Å². The highest BCUT2D eigenvalue weighted by atomic mass is 35.5. The fourth-order valence-electron chi connectivity index (χ4n) is 2.99. The molecule has 0 saturated carbocycles. The van der Waals surface area contributed by atoms with Gasteiger partial charge in [-0.3, -0.25) is 0 Å². The number of nitrogens with one attached hydrogen (secondary N) is 1. The predicted molar refractivity (Wildman–Crippen MR) is 97.5 cm³/mol. The van der Waals surface area contributed by atoms with Crippen molar-refractivity contribution in [1.29, 1.82) is 0 Å². The van der Waals surface area contributed by atoms with Gasteiger partial charge in [-0.15, -0.1) is 12.4 Å². The first kappa shape index (κ1) is 18.5. The summed E-state index contributed by atoms with van der Waals surface area (Å²) < 4.78 is 12.9. The number of halogens is 1. The van der Waals surface area contributed by atoms with Gasteiger partial charge < -0.3 is 14.6 Å². The predicted octanol–water partition coefficient (Wildman–Crippen LogP) is 2.41. The number of pyridine rings is 1. The van der Waals surface area contributed by atoms with Crippen LogP contribution in [0.25, 0.3) is 17.2 Å². The van der Waals surface area contributed by atoms with Gasteiger partial charge in [0, 0.05) is 24.0 Å². The lowest BCUT2D eigenvalue weighted by molar-refractivity contribution is -0.00136. The molecule has 3 aromatic heterocycles. The molecule has 0 radical (unpaired) electrons. The minimum absolute atomic E-state index is 0. The standard InChI is InChI=1S/C17H20N6O2.ClH/c1-10-8-11(2)23(21-10)14-5-4-13(9-19-14)16-20-17(25-22-16)15-12(3)24-7-6-18-15;/h4-5,8-9,12,15,18H,6-7H2,1-3H3;1H/t12-,15+;/m1./s1. The molecule has 0 aliphatic carbocycles. The van der Waals surface area contributed by atoms with Crippen LogP contribution in [0.3, 0.4) is 0 Å². The second kappa shape index (κ2) is 7.53. The van der Waals surface area contributed by atoms with E-state index in [1.807, 2.05) is 43.7 Å². The molecule has 8 nitrogen and oxygen atoms in total. The molecule has 1 fully saturated rings. The molecule has 1 aliphatic rings. The quantitative estimate of drug-likeness (QED) is 0.750. The third-order valence-corrected chi connectivity index (χ3v) is 4.26. The van der Waals surface area contributed by atoms with E-state index in [1.165, 1.54) is 0 Å². The number of hydrogen-bond acceptors (Lipinski definition) is 7. The Morgan fingerprint density at radius 2 is 2.12 bits per heavy atom. The maximum atomic E-state index is 5.63. The lowest BCUT2D eigenvalue weighted by Gasteiger charge is -2.27. The van der Waals surface area contributed by atoms with Crippen molar-refractivity contribution in [1.82, 2.24) is 30.2 Å². The maximum absolute atomic E-state index is 5.63. The number of morpholine rings is 1. The molecule has 2 atom stereocenters. The number of aryl methyl sites for hydroxylation is 2. The van der Waals surface area contributed by atoms with Crippen molar-refractivity contribution < 1.29 is 9.26 Å². The Morgan fingerprint density at radius 3 is 2.77 bits per heavy atom. The fraction of sp³-hybridized carbons (Fsp3) is 0.412. The van der Waals surface area contributed by atoms with Crippen LogP contribution in [0, 0.1) is 13.8 Å². The fourth-order valence-corrected chi connectivity index (χ4v) is 2.99. The molecule has 3 aromatic rings. The second-order valence-corrected chi connectivity index (χ2v) is 6.21. The van der Waals surface area contributed by atoms with Crippen LogP contribution < -0.4 is 5.32 Å². The average molecular weight is 377 g/mol. The van der Waals surface area contributed by atoms with Crippen LogP contribution in [-0.4, -0.2) is 44.2 Å². The summed E-state index contributed by atoms with van der Waals surface area (Å²) >= 11 is 0. The first-order valence-electron chi connectivity index (χ1n) is 8.30. The van der Waals surface area contributed by atoms with E-state index in [9.17, 15) is 0 Å². The van der Waals surface area contributed by atoms with Crippen LogP contribution in [0.4, 0.5) is 0 Å². The molecule has 26 heavy (non-hydrogen) atoms. The summed E-state index contributed by atoms with van der Waals surface area (Å²) in [7, 11) is 0. The minimum Gasteiger partial charge on any atom is -0.375 e. The van der Waals surface area contributed by atoms with Crippen LogP contribution in [0.1, 0.15) is 30.2 Å². The molecule has 0 spiro atoms. The molecular weight excluding hydrogens is 356 g/mol. The first-order chi connectivity index (χ1) is 12.1. The molecule has 1 N–H and O–H groups in total. The van der Waals surface area contributed by atoms with Crippen molar-refractivity contribution in [3.63, 3.8) is 0 Å². The van der Waals surface area contributed by atoms with Crippen molar-refractivity contribution in [3.8, 4) is 17.2 Å². The molecule has 1 saturated heterocycles. The van der Waals surface area contributed by atoms with E-state index >= 15 is 0 Å². The lowest BCUT2D eigenvalue weighted by atomic mass is 10.1. The van der Waals surface area contributed by atoms with Crippen molar-refractivity contribution >= 4 is 12.4 Å². The largest absolute Gasteiger partial charge is 0.375 e. The number of aromatic nitrogens is 5. The van der Waals surface area contributed by atoms with Crippen molar-refractivity contribution in [2.45, 2.75) is 32.9 Å². The zero-order chi connectivity index (χ0) is 17.4. The van der Waals surface area contributed by atoms with Crippen molar-refractivity contribution in [2.75, 3.05) is 13.2 Å². The molecule has 4 heterocycles. The van der Waals surface area contributed by atoms with Crippen LogP contribution in [0.2, 0.25) is 0 Å². The van der Waals surface area contributed by atoms with Gasteiger partial charge >= 0.3 is 0 Å². The molecule has 4 rings (SSSR count). The van der Waals surface area contributed by atoms with Gasteiger partial charge in [0.1, 0.15) is 6.04 Å². The highest BCUT2D eigenvalue weighted by molar-refractivity contribution is 5.85. The van der Waals surface area contributed by atoms with E-state index in [2.05, 4.69) is 25.5 Å². The number of nitrogens with zero attached hydrogens (tertiary/aromatic N) is 5. The molecule has 0 bridgehead atoms. The number of rotatable bonds is 3. The number of hydrogen-bond donors (Lipinski definition) is 1. The van der Waals surface area contributed by atoms with E-state index in [-0.39, 0.29) is 24.6 Å². The Bertz CT molecular complexity index is 876. The van der Waals surface area contributed by atoms with E-state index in [0.29, 0.717) is 18.3 Å². The summed E-state index contributed by atoms with van der Waals surface area (Å²) in [5.74, 6) is 1.81.